The van der Waals surface area contributed by atoms with Crippen LogP contribution in [0, 0.1) is 12.7 Å². The van der Waals surface area contributed by atoms with Gasteiger partial charge in [-0.15, -0.1) is 0 Å². The third-order valence-corrected chi connectivity index (χ3v) is 5.80. The van der Waals surface area contributed by atoms with E-state index in [2.05, 4.69) is 4.90 Å². The standard InChI is InChI=1S/C22H25FN4O2/c1-16-3-7-20(8-4-16)27-17(2)21(28)26(22(27)29)15-24-11-13-25(14-12-24)19-9-5-18(23)6-10-19/h3-10,17H,11-15H2,1-2H3/p+1/t17-/m1/s1. The molecule has 152 valence electrons. The van der Waals surface area contributed by atoms with Crippen LogP contribution >= 0.6 is 0 Å². The zero-order valence-electron chi connectivity index (χ0n) is 16.8. The van der Waals surface area contributed by atoms with Crippen LogP contribution in [0.15, 0.2) is 48.5 Å². The highest BCUT2D eigenvalue weighted by Gasteiger charge is 2.45. The Morgan fingerprint density at radius 1 is 0.966 bits per heavy atom. The molecule has 0 spiro atoms. The van der Waals surface area contributed by atoms with Crippen LogP contribution in [0.4, 0.5) is 20.6 Å². The summed E-state index contributed by atoms with van der Waals surface area (Å²) in [5.41, 5.74) is 2.86. The van der Waals surface area contributed by atoms with Crippen LogP contribution in [-0.4, -0.2) is 55.7 Å². The summed E-state index contributed by atoms with van der Waals surface area (Å²) in [4.78, 5) is 32.1. The van der Waals surface area contributed by atoms with Crippen molar-refractivity contribution in [1.29, 1.82) is 0 Å². The molecule has 2 fully saturated rings. The van der Waals surface area contributed by atoms with Crippen LogP contribution in [0.3, 0.4) is 0 Å². The van der Waals surface area contributed by atoms with E-state index in [0.29, 0.717) is 6.67 Å². The molecule has 2 heterocycles. The first-order valence-electron chi connectivity index (χ1n) is 9.99. The number of anilines is 2. The molecule has 0 aromatic heterocycles. The van der Waals surface area contributed by atoms with E-state index in [0.717, 1.165) is 43.1 Å². The summed E-state index contributed by atoms with van der Waals surface area (Å²) >= 11 is 0. The third-order valence-electron chi connectivity index (χ3n) is 5.80. The second-order valence-corrected chi connectivity index (χ2v) is 7.80. The smallest absolute Gasteiger partial charge is 0.336 e. The van der Waals surface area contributed by atoms with Crippen LogP contribution in [0.25, 0.3) is 0 Å². The minimum atomic E-state index is -0.495. The van der Waals surface area contributed by atoms with Gasteiger partial charge in [0.2, 0.25) is 0 Å². The first-order valence-corrected chi connectivity index (χ1v) is 9.99. The Morgan fingerprint density at radius 2 is 1.55 bits per heavy atom. The number of halogens is 1. The van der Waals surface area contributed by atoms with Crippen molar-refractivity contribution in [2.45, 2.75) is 19.9 Å². The van der Waals surface area contributed by atoms with Crippen LogP contribution < -0.4 is 14.7 Å². The van der Waals surface area contributed by atoms with Gasteiger partial charge in [0.05, 0.1) is 26.2 Å². The van der Waals surface area contributed by atoms with E-state index in [9.17, 15) is 14.0 Å². The molecular formula is C22H26FN4O2+. The molecule has 2 aliphatic heterocycles. The monoisotopic (exact) mass is 397 g/mol. The number of aryl methyl sites for hydroxylation is 1. The summed E-state index contributed by atoms with van der Waals surface area (Å²) in [6.07, 6.45) is 0. The molecule has 29 heavy (non-hydrogen) atoms. The molecule has 7 heteroatoms. The highest BCUT2D eigenvalue weighted by molar-refractivity contribution is 6.13. The molecule has 2 saturated heterocycles. The van der Waals surface area contributed by atoms with Gasteiger partial charge in [0, 0.05) is 11.4 Å². The van der Waals surface area contributed by atoms with Gasteiger partial charge < -0.3 is 9.80 Å². The van der Waals surface area contributed by atoms with Gasteiger partial charge in [0.15, 0.2) is 6.67 Å². The quantitative estimate of drug-likeness (QED) is 0.799. The Bertz CT molecular complexity index is 892. The van der Waals surface area contributed by atoms with Crippen LogP contribution in [0.1, 0.15) is 12.5 Å². The summed E-state index contributed by atoms with van der Waals surface area (Å²) in [5.74, 6) is -0.389. The van der Waals surface area contributed by atoms with Crippen molar-refractivity contribution in [3.63, 3.8) is 0 Å². The number of hydrogen-bond donors (Lipinski definition) is 1. The molecular weight excluding hydrogens is 371 g/mol. The van der Waals surface area contributed by atoms with Gasteiger partial charge in [0.1, 0.15) is 11.9 Å². The summed E-state index contributed by atoms with van der Waals surface area (Å²) in [7, 11) is 0. The number of amides is 3. The SMILES string of the molecule is Cc1ccc(N2C(=O)N(C[NH+]3CCN(c4ccc(F)cc4)CC3)C(=O)[C@H]2C)cc1. The number of rotatable bonds is 4. The maximum atomic E-state index is 13.1. The molecule has 1 atom stereocenters. The molecule has 4 rings (SSSR count). The lowest BCUT2D eigenvalue weighted by Gasteiger charge is -2.34. The fourth-order valence-corrected chi connectivity index (χ4v) is 4.03. The fraction of sp³-hybridized carbons (Fsp3) is 0.364. The Kier molecular flexibility index (Phi) is 5.24. The maximum Gasteiger partial charge on any atom is 0.336 e. The molecule has 2 aliphatic rings. The van der Waals surface area contributed by atoms with Crippen molar-refractivity contribution in [2.75, 3.05) is 42.6 Å². The predicted octanol–water partition coefficient (Wildman–Crippen LogP) is 1.65. The largest absolute Gasteiger partial charge is 0.360 e. The van der Waals surface area contributed by atoms with Gasteiger partial charge in [0.25, 0.3) is 5.91 Å². The van der Waals surface area contributed by atoms with E-state index in [1.807, 2.05) is 31.2 Å². The van der Waals surface area contributed by atoms with E-state index >= 15 is 0 Å². The Hall–Kier alpha value is -2.93. The Labute approximate surface area is 170 Å². The number of hydrogen-bond acceptors (Lipinski definition) is 3. The molecule has 0 radical (unpaired) electrons. The number of nitrogens with one attached hydrogen (secondary N) is 1. The van der Waals surface area contributed by atoms with Gasteiger partial charge in [-0.05, 0) is 50.2 Å². The summed E-state index contributed by atoms with van der Waals surface area (Å²) in [5, 5.41) is 0. The molecule has 2 aromatic rings. The lowest BCUT2D eigenvalue weighted by molar-refractivity contribution is -0.907. The third kappa shape index (κ3) is 3.82. The first-order chi connectivity index (χ1) is 13.9. The number of imide groups is 1. The zero-order chi connectivity index (χ0) is 20.5. The fourth-order valence-electron chi connectivity index (χ4n) is 4.03. The highest BCUT2D eigenvalue weighted by atomic mass is 19.1. The normalized spacial score (nSPS) is 20.7. The van der Waals surface area contributed by atoms with E-state index < -0.39 is 6.04 Å². The molecule has 1 N–H and O–H groups in total. The van der Waals surface area contributed by atoms with Crippen molar-refractivity contribution in [2.24, 2.45) is 0 Å². The number of urea groups is 1. The van der Waals surface area contributed by atoms with Crippen LogP contribution in [0.2, 0.25) is 0 Å². The van der Waals surface area contributed by atoms with Gasteiger partial charge in [-0.2, -0.15) is 0 Å². The molecule has 0 unspecified atom stereocenters. The molecule has 6 nitrogen and oxygen atoms in total. The van der Waals surface area contributed by atoms with Gasteiger partial charge in [-0.1, -0.05) is 17.7 Å². The van der Waals surface area contributed by atoms with Crippen molar-refractivity contribution in [3.05, 3.63) is 59.9 Å². The zero-order valence-corrected chi connectivity index (χ0v) is 16.8. The number of nitrogens with zero attached hydrogens (tertiary/aromatic N) is 3. The van der Waals surface area contributed by atoms with Gasteiger partial charge in [-0.3, -0.25) is 9.69 Å². The Balaban J connectivity index is 1.39. The average molecular weight is 397 g/mol. The van der Waals surface area contributed by atoms with E-state index in [4.69, 9.17) is 0 Å². The topological polar surface area (TPSA) is 48.3 Å². The van der Waals surface area contributed by atoms with Crippen LogP contribution in [-0.2, 0) is 4.79 Å². The lowest BCUT2D eigenvalue weighted by atomic mass is 10.2. The Morgan fingerprint density at radius 3 is 2.17 bits per heavy atom. The van der Waals surface area contributed by atoms with E-state index in [1.165, 1.54) is 21.9 Å². The summed E-state index contributed by atoms with van der Waals surface area (Å²) in [6, 6.07) is 13.4. The van der Waals surface area contributed by atoms with Crippen molar-refractivity contribution >= 4 is 23.3 Å². The lowest BCUT2D eigenvalue weighted by Crippen LogP contribution is -3.16. The predicted molar refractivity (Wildman–Crippen MR) is 110 cm³/mol. The molecule has 0 saturated carbocycles. The van der Waals surface area contributed by atoms with Gasteiger partial charge in [-0.25, -0.2) is 14.1 Å². The number of carbonyl (C=O) groups excluding carboxylic acids is 2. The summed E-state index contributed by atoms with van der Waals surface area (Å²) in [6.45, 7) is 7.37. The maximum absolute atomic E-state index is 13.1. The van der Waals surface area contributed by atoms with E-state index in [-0.39, 0.29) is 17.8 Å². The second-order valence-electron chi connectivity index (χ2n) is 7.80. The van der Waals surface area contributed by atoms with Crippen molar-refractivity contribution in [3.8, 4) is 0 Å². The van der Waals surface area contributed by atoms with Crippen LogP contribution in [0.5, 0.6) is 0 Å². The number of quaternary nitrogens is 1. The average Bonchev–Trinajstić information content (AvgIpc) is 2.93. The van der Waals surface area contributed by atoms with Crippen molar-refractivity contribution < 1.29 is 18.9 Å². The minimum Gasteiger partial charge on any atom is -0.360 e. The number of carbonyl (C=O) groups is 2. The molecule has 3 amide bonds. The summed E-state index contributed by atoms with van der Waals surface area (Å²) < 4.78 is 13.1. The second kappa shape index (κ2) is 7.83. The first kappa shape index (κ1) is 19.4. The highest BCUT2D eigenvalue weighted by Crippen LogP contribution is 2.25. The molecule has 2 aromatic carbocycles. The van der Waals surface area contributed by atoms with Gasteiger partial charge >= 0.3 is 6.03 Å². The number of benzene rings is 2. The minimum absolute atomic E-state index is 0.149. The molecule has 0 aliphatic carbocycles. The van der Waals surface area contributed by atoms with Crippen molar-refractivity contribution in [1.82, 2.24) is 4.90 Å². The molecule has 0 bridgehead atoms. The number of piperazine rings is 1. The van der Waals surface area contributed by atoms with E-state index in [1.54, 1.807) is 24.0 Å².